The maximum absolute atomic E-state index is 4.50. The van der Waals surface area contributed by atoms with Crippen molar-refractivity contribution in [1.82, 2.24) is 4.98 Å². The Bertz CT molecular complexity index is 389. The predicted octanol–water partition coefficient (Wildman–Crippen LogP) is 3.85. The Morgan fingerprint density at radius 2 is 1.71 bits per heavy atom. The van der Waals surface area contributed by atoms with Crippen molar-refractivity contribution in [1.29, 1.82) is 0 Å². The number of thiazole rings is 1. The van der Waals surface area contributed by atoms with E-state index in [4.69, 9.17) is 0 Å². The van der Waals surface area contributed by atoms with Crippen LogP contribution in [0.15, 0.2) is 30.3 Å². The number of rotatable bonds is 1. The minimum Gasteiger partial charge on any atom is -0.241 e. The molecule has 2 aromatic rings. The van der Waals surface area contributed by atoms with E-state index in [1.807, 2.05) is 18.2 Å². The molecule has 0 aliphatic heterocycles. The molecule has 0 unspecified atom stereocenters. The second kappa shape index (κ2) is 4.58. The number of nitrogens with zero attached hydrogens (tertiary/aromatic N) is 1. The number of hydrogen-bond acceptors (Lipinski definition) is 2. The molecule has 0 amide bonds. The van der Waals surface area contributed by atoms with Crippen molar-refractivity contribution in [3.05, 3.63) is 40.9 Å². The first-order valence-electron chi connectivity index (χ1n) is 4.27. The van der Waals surface area contributed by atoms with Crippen molar-refractivity contribution in [2.24, 2.45) is 0 Å². The predicted molar refractivity (Wildman–Crippen MR) is 64.3 cm³/mol. The number of halogens is 1. The third-order valence-corrected chi connectivity index (χ3v) is 3.17. The van der Waals surface area contributed by atoms with Crippen molar-refractivity contribution < 1.29 is 0 Å². The summed E-state index contributed by atoms with van der Waals surface area (Å²) < 4.78 is 0. The van der Waals surface area contributed by atoms with Crippen molar-refractivity contribution in [2.75, 3.05) is 0 Å². The SMILES string of the molecule is Cc1nc(-c2ccccc2)sc1C.Cl. The van der Waals surface area contributed by atoms with Gasteiger partial charge in [0.25, 0.3) is 0 Å². The summed E-state index contributed by atoms with van der Waals surface area (Å²) in [5.41, 5.74) is 2.35. The Labute approximate surface area is 94.2 Å². The van der Waals surface area contributed by atoms with Crippen molar-refractivity contribution >= 4 is 23.7 Å². The third-order valence-electron chi connectivity index (χ3n) is 2.05. The molecule has 0 aliphatic rings. The lowest BCUT2D eigenvalue weighted by molar-refractivity contribution is 1.23. The van der Waals surface area contributed by atoms with Gasteiger partial charge in [0.05, 0.1) is 5.69 Å². The van der Waals surface area contributed by atoms with E-state index in [-0.39, 0.29) is 12.4 Å². The van der Waals surface area contributed by atoms with Gasteiger partial charge >= 0.3 is 0 Å². The number of aromatic nitrogens is 1. The van der Waals surface area contributed by atoms with E-state index in [0.29, 0.717) is 0 Å². The van der Waals surface area contributed by atoms with Gasteiger partial charge < -0.3 is 0 Å². The van der Waals surface area contributed by atoms with Gasteiger partial charge in [-0.05, 0) is 13.8 Å². The molecule has 0 N–H and O–H groups in total. The van der Waals surface area contributed by atoms with Crippen LogP contribution in [0, 0.1) is 13.8 Å². The van der Waals surface area contributed by atoms with Gasteiger partial charge in [-0.25, -0.2) is 4.98 Å². The molecule has 0 fully saturated rings. The van der Waals surface area contributed by atoms with Gasteiger partial charge in [-0.15, -0.1) is 23.7 Å². The quantitative estimate of drug-likeness (QED) is 0.719. The normalized spacial score (nSPS) is 9.57. The topological polar surface area (TPSA) is 12.9 Å². The van der Waals surface area contributed by atoms with Crippen LogP contribution in [0.5, 0.6) is 0 Å². The number of hydrogen-bond donors (Lipinski definition) is 0. The second-order valence-corrected chi connectivity index (χ2v) is 4.23. The molecule has 0 atom stereocenters. The van der Waals surface area contributed by atoms with Gasteiger partial charge in [-0.1, -0.05) is 30.3 Å². The fourth-order valence-electron chi connectivity index (χ4n) is 1.18. The van der Waals surface area contributed by atoms with E-state index < -0.39 is 0 Å². The molecule has 2 rings (SSSR count). The van der Waals surface area contributed by atoms with Crippen LogP contribution in [0.3, 0.4) is 0 Å². The molecule has 0 bridgehead atoms. The van der Waals surface area contributed by atoms with Crippen molar-refractivity contribution in [2.45, 2.75) is 13.8 Å². The van der Waals surface area contributed by atoms with Gasteiger partial charge in [-0.3, -0.25) is 0 Å². The first-order chi connectivity index (χ1) is 6.27. The molecule has 1 aromatic heterocycles. The van der Waals surface area contributed by atoms with Gasteiger partial charge in [-0.2, -0.15) is 0 Å². The Balaban J connectivity index is 0.000000980. The van der Waals surface area contributed by atoms with E-state index in [1.54, 1.807) is 11.3 Å². The lowest BCUT2D eigenvalue weighted by atomic mass is 10.2. The summed E-state index contributed by atoms with van der Waals surface area (Å²) in [4.78, 5) is 5.80. The Morgan fingerprint density at radius 3 is 2.21 bits per heavy atom. The average molecular weight is 226 g/mol. The molecule has 0 saturated carbocycles. The van der Waals surface area contributed by atoms with Crippen LogP contribution in [0.2, 0.25) is 0 Å². The third kappa shape index (κ3) is 2.14. The molecular weight excluding hydrogens is 214 g/mol. The highest BCUT2D eigenvalue weighted by Crippen LogP contribution is 2.26. The van der Waals surface area contributed by atoms with Crippen molar-refractivity contribution in [3.63, 3.8) is 0 Å². The lowest BCUT2D eigenvalue weighted by Crippen LogP contribution is -1.75. The van der Waals surface area contributed by atoms with Crippen LogP contribution in [-0.2, 0) is 0 Å². The molecule has 1 aromatic carbocycles. The zero-order valence-corrected chi connectivity index (χ0v) is 9.78. The van der Waals surface area contributed by atoms with Crippen LogP contribution in [0.1, 0.15) is 10.6 Å². The fraction of sp³-hybridized carbons (Fsp3) is 0.182. The summed E-state index contributed by atoms with van der Waals surface area (Å²) in [6.07, 6.45) is 0. The van der Waals surface area contributed by atoms with Crippen LogP contribution in [0.4, 0.5) is 0 Å². The largest absolute Gasteiger partial charge is 0.241 e. The molecule has 14 heavy (non-hydrogen) atoms. The zero-order chi connectivity index (χ0) is 9.26. The monoisotopic (exact) mass is 225 g/mol. The molecule has 0 aliphatic carbocycles. The fourth-order valence-corrected chi connectivity index (χ4v) is 2.10. The molecular formula is C11H12ClNS. The van der Waals surface area contributed by atoms with Gasteiger partial charge in [0.1, 0.15) is 5.01 Å². The van der Waals surface area contributed by atoms with Crippen LogP contribution < -0.4 is 0 Å². The summed E-state index contributed by atoms with van der Waals surface area (Å²) in [7, 11) is 0. The maximum Gasteiger partial charge on any atom is 0.123 e. The van der Waals surface area contributed by atoms with Gasteiger partial charge in [0.2, 0.25) is 0 Å². The molecule has 0 saturated heterocycles. The standard InChI is InChI=1S/C11H11NS.ClH/c1-8-9(2)13-11(12-8)10-6-4-3-5-7-10;/h3-7H,1-2H3;1H. The lowest BCUT2D eigenvalue weighted by Gasteiger charge is -1.92. The van der Waals surface area contributed by atoms with Gasteiger partial charge in [0, 0.05) is 10.4 Å². The Morgan fingerprint density at radius 1 is 1.07 bits per heavy atom. The maximum atomic E-state index is 4.50. The number of benzene rings is 1. The highest BCUT2D eigenvalue weighted by Gasteiger charge is 2.04. The second-order valence-electron chi connectivity index (χ2n) is 3.03. The minimum atomic E-state index is 0. The van der Waals surface area contributed by atoms with Crippen LogP contribution >= 0.6 is 23.7 Å². The van der Waals surface area contributed by atoms with E-state index in [9.17, 15) is 0 Å². The Kier molecular flexibility index (Phi) is 3.67. The summed E-state index contributed by atoms with van der Waals surface area (Å²) in [6.45, 7) is 4.16. The summed E-state index contributed by atoms with van der Waals surface area (Å²) in [5.74, 6) is 0. The Hall–Kier alpha value is -0.860. The van der Waals surface area contributed by atoms with E-state index in [2.05, 4.69) is 31.0 Å². The first-order valence-corrected chi connectivity index (χ1v) is 5.08. The highest BCUT2D eigenvalue weighted by atomic mass is 35.5. The molecule has 0 radical (unpaired) electrons. The van der Waals surface area contributed by atoms with Crippen molar-refractivity contribution in [3.8, 4) is 10.6 Å². The average Bonchev–Trinajstić information content (AvgIpc) is 2.49. The van der Waals surface area contributed by atoms with E-state index in [1.165, 1.54) is 10.4 Å². The molecule has 74 valence electrons. The molecule has 1 nitrogen and oxygen atoms in total. The summed E-state index contributed by atoms with van der Waals surface area (Å²) in [6, 6.07) is 10.3. The molecule has 1 heterocycles. The zero-order valence-electron chi connectivity index (χ0n) is 8.15. The minimum absolute atomic E-state index is 0. The van der Waals surface area contributed by atoms with E-state index in [0.717, 1.165) is 10.7 Å². The number of aryl methyl sites for hydroxylation is 2. The van der Waals surface area contributed by atoms with Crippen LogP contribution in [0.25, 0.3) is 10.6 Å². The van der Waals surface area contributed by atoms with E-state index >= 15 is 0 Å². The van der Waals surface area contributed by atoms with Crippen LogP contribution in [-0.4, -0.2) is 4.98 Å². The molecule has 3 heteroatoms. The van der Waals surface area contributed by atoms with Gasteiger partial charge in [0.15, 0.2) is 0 Å². The summed E-state index contributed by atoms with van der Waals surface area (Å²) in [5, 5.41) is 1.12. The highest BCUT2D eigenvalue weighted by molar-refractivity contribution is 7.15. The smallest absolute Gasteiger partial charge is 0.123 e. The molecule has 0 spiro atoms. The summed E-state index contributed by atoms with van der Waals surface area (Å²) >= 11 is 1.76. The first kappa shape index (κ1) is 11.2.